The largest absolute Gasteiger partial charge is 0.494 e. The van der Waals surface area contributed by atoms with Gasteiger partial charge in [-0.25, -0.2) is 0 Å². The van der Waals surface area contributed by atoms with Gasteiger partial charge in [-0.15, -0.1) is 0 Å². The van der Waals surface area contributed by atoms with Crippen LogP contribution in [-0.2, 0) is 6.54 Å². The molecule has 1 aromatic rings. The van der Waals surface area contributed by atoms with Crippen LogP contribution in [0.15, 0.2) is 18.2 Å². The van der Waals surface area contributed by atoms with E-state index in [4.69, 9.17) is 10.5 Å². The molecule has 2 rings (SSSR count). The molecule has 118 valence electrons. The van der Waals surface area contributed by atoms with Gasteiger partial charge < -0.3 is 15.4 Å². The second kappa shape index (κ2) is 7.66. The van der Waals surface area contributed by atoms with Crippen molar-refractivity contribution in [3.05, 3.63) is 23.8 Å². The van der Waals surface area contributed by atoms with Crippen LogP contribution in [0.25, 0.3) is 0 Å². The molecule has 1 saturated heterocycles. The quantitative estimate of drug-likeness (QED) is 0.818. The van der Waals surface area contributed by atoms with E-state index < -0.39 is 0 Å². The molecule has 0 unspecified atom stereocenters. The lowest BCUT2D eigenvalue weighted by atomic mass is 9.96. The number of nitrogens with zero attached hydrogens (tertiary/aromatic N) is 2. The van der Waals surface area contributed by atoms with Crippen LogP contribution in [0.3, 0.4) is 0 Å². The first kappa shape index (κ1) is 16.1. The van der Waals surface area contributed by atoms with Crippen LogP contribution in [0.4, 0.5) is 5.69 Å². The Morgan fingerprint density at radius 1 is 1.29 bits per heavy atom. The van der Waals surface area contributed by atoms with Gasteiger partial charge in [-0.3, -0.25) is 4.90 Å². The molecule has 0 radical (unpaired) electrons. The van der Waals surface area contributed by atoms with Crippen molar-refractivity contribution in [1.82, 2.24) is 9.80 Å². The molecule has 1 aliphatic heterocycles. The maximum atomic E-state index is 5.93. The van der Waals surface area contributed by atoms with Crippen molar-refractivity contribution in [2.75, 3.05) is 46.1 Å². The fourth-order valence-corrected chi connectivity index (χ4v) is 3.10. The highest BCUT2D eigenvalue weighted by Crippen LogP contribution is 2.25. The lowest BCUT2D eigenvalue weighted by Gasteiger charge is -2.33. The highest BCUT2D eigenvalue weighted by atomic mass is 16.5. The summed E-state index contributed by atoms with van der Waals surface area (Å²) in [6, 6.07) is 5.96. The molecule has 0 aromatic heterocycles. The van der Waals surface area contributed by atoms with E-state index in [1.165, 1.54) is 38.0 Å². The average molecular weight is 291 g/mol. The van der Waals surface area contributed by atoms with Crippen LogP contribution >= 0.6 is 0 Å². The molecule has 2 N–H and O–H groups in total. The Morgan fingerprint density at radius 3 is 2.62 bits per heavy atom. The van der Waals surface area contributed by atoms with Crippen molar-refractivity contribution in [2.45, 2.75) is 26.3 Å². The van der Waals surface area contributed by atoms with Crippen molar-refractivity contribution in [1.29, 1.82) is 0 Å². The number of anilines is 1. The predicted octanol–water partition coefficient (Wildman–Crippen LogP) is 2.44. The smallest absolute Gasteiger partial charge is 0.123 e. The number of piperidine rings is 1. The number of ether oxygens (including phenoxy) is 1. The molecule has 1 heterocycles. The minimum Gasteiger partial charge on any atom is -0.494 e. The van der Waals surface area contributed by atoms with Gasteiger partial charge >= 0.3 is 0 Å². The Balaban J connectivity index is 1.92. The molecule has 1 aromatic carbocycles. The first-order valence-corrected chi connectivity index (χ1v) is 7.96. The third-order valence-corrected chi connectivity index (χ3v) is 4.11. The summed E-state index contributed by atoms with van der Waals surface area (Å²) in [5, 5.41) is 0. The van der Waals surface area contributed by atoms with Crippen LogP contribution < -0.4 is 10.5 Å². The molecular weight excluding hydrogens is 262 g/mol. The second-order valence-corrected chi connectivity index (χ2v) is 6.28. The van der Waals surface area contributed by atoms with Crippen LogP contribution in [0, 0.1) is 5.92 Å². The lowest BCUT2D eigenvalue weighted by Crippen LogP contribution is -2.36. The summed E-state index contributed by atoms with van der Waals surface area (Å²) in [5.41, 5.74) is 7.95. The molecule has 1 fully saturated rings. The molecule has 0 spiro atoms. The molecule has 0 amide bonds. The van der Waals surface area contributed by atoms with Gasteiger partial charge in [0.05, 0.1) is 6.61 Å². The summed E-state index contributed by atoms with van der Waals surface area (Å²) in [6.45, 7) is 7.19. The molecule has 4 nitrogen and oxygen atoms in total. The maximum absolute atomic E-state index is 5.93. The highest BCUT2D eigenvalue weighted by molar-refractivity contribution is 5.47. The zero-order chi connectivity index (χ0) is 15.2. The number of hydrogen-bond donors (Lipinski definition) is 1. The normalized spacial score (nSPS) is 17.3. The Morgan fingerprint density at radius 2 is 2.00 bits per heavy atom. The summed E-state index contributed by atoms with van der Waals surface area (Å²) in [4.78, 5) is 4.81. The van der Waals surface area contributed by atoms with E-state index in [9.17, 15) is 0 Å². The van der Waals surface area contributed by atoms with Crippen molar-refractivity contribution < 1.29 is 4.74 Å². The monoisotopic (exact) mass is 291 g/mol. The molecule has 0 atom stereocenters. The molecule has 4 heteroatoms. The minimum absolute atomic E-state index is 0.696. The number of nitrogen functional groups attached to an aromatic ring is 1. The Bertz CT molecular complexity index is 440. The summed E-state index contributed by atoms with van der Waals surface area (Å²) < 4.78 is 5.72. The predicted molar refractivity (Wildman–Crippen MR) is 88.6 cm³/mol. The van der Waals surface area contributed by atoms with Gasteiger partial charge in [0, 0.05) is 24.3 Å². The first-order valence-electron chi connectivity index (χ1n) is 7.96. The van der Waals surface area contributed by atoms with Gasteiger partial charge in [-0.2, -0.15) is 0 Å². The van der Waals surface area contributed by atoms with Gasteiger partial charge in [0.15, 0.2) is 0 Å². The van der Waals surface area contributed by atoms with Gasteiger partial charge in [0.1, 0.15) is 5.75 Å². The van der Waals surface area contributed by atoms with Crippen LogP contribution in [-0.4, -0.2) is 50.1 Å². The molecule has 21 heavy (non-hydrogen) atoms. The topological polar surface area (TPSA) is 41.7 Å². The van der Waals surface area contributed by atoms with E-state index in [1.807, 2.05) is 19.1 Å². The van der Waals surface area contributed by atoms with Crippen LogP contribution in [0.2, 0.25) is 0 Å². The van der Waals surface area contributed by atoms with E-state index in [0.717, 1.165) is 23.9 Å². The molecule has 0 aliphatic carbocycles. The van der Waals surface area contributed by atoms with Crippen LogP contribution in [0.5, 0.6) is 5.75 Å². The van der Waals surface area contributed by atoms with Crippen molar-refractivity contribution in [2.24, 2.45) is 5.92 Å². The lowest BCUT2D eigenvalue weighted by molar-refractivity contribution is 0.155. The number of hydrogen-bond acceptors (Lipinski definition) is 4. The zero-order valence-corrected chi connectivity index (χ0v) is 13.6. The number of benzene rings is 1. The van der Waals surface area contributed by atoms with Gasteiger partial charge in [-0.05, 0) is 71.1 Å². The Labute approximate surface area is 128 Å². The average Bonchev–Trinajstić information content (AvgIpc) is 2.43. The highest BCUT2D eigenvalue weighted by Gasteiger charge is 2.20. The zero-order valence-electron chi connectivity index (χ0n) is 13.6. The number of nitrogens with two attached hydrogens (primary N) is 1. The van der Waals surface area contributed by atoms with E-state index >= 15 is 0 Å². The van der Waals surface area contributed by atoms with Crippen molar-refractivity contribution in [3.63, 3.8) is 0 Å². The fraction of sp³-hybridized carbons (Fsp3) is 0.647. The molecular formula is C17H29N3O. The Hall–Kier alpha value is -1.26. The summed E-state index contributed by atoms with van der Waals surface area (Å²) in [6.07, 6.45) is 2.56. The second-order valence-electron chi connectivity index (χ2n) is 6.28. The van der Waals surface area contributed by atoms with Gasteiger partial charge in [0.25, 0.3) is 0 Å². The van der Waals surface area contributed by atoms with Crippen molar-refractivity contribution in [3.8, 4) is 5.75 Å². The number of rotatable bonds is 6. The summed E-state index contributed by atoms with van der Waals surface area (Å²) >= 11 is 0. The third-order valence-electron chi connectivity index (χ3n) is 4.11. The van der Waals surface area contributed by atoms with Gasteiger partial charge in [-0.1, -0.05) is 0 Å². The van der Waals surface area contributed by atoms with E-state index in [2.05, 4.69) is 30.0 Å². The first-order chi connectivity index (χ1) is 10.1. The molecule has 0 bridgehead atoms. The molecule has 0 saturated carbocycles. The third kappa shape index (κ3) is 4.90. The fourth-order valence-electron chi connectivity index (χ4n) is 3.10. The SMILES string of the molecule is CCOc1ccc(N)cc1CN1CCC(CN(C)C)CC1. The van der Waals surface area contributed by atoms with E-state index in [1.54, 1.807) is 0 Å². The van der Waals surface area contributed by atoms with Crippen molar-refractivity contribution >= 4 is 5.69 Å². The number of likely N-dealkylation sites (tertiary alicyclic amines) is 1. The molecule has 1 aliphatic rings. The van der Waals surface area contributed by atoms with Crippen LogP contribution in [0.1, 0.15) is 25.3 Å². The van der Waals surface area contributed by atoms with E-state index in [0.29, 0.717) is 6.61 Å². The summed E-state index contributed by atoms with van der Waals surface area (Å²) in [7, 11) is 4.32. The maximum Gasteiger partial charge on any atom is 0.123 e. The summed E-state index contributed by atoms with van der Waals surface area (Å²) in [5.74, 6) is 1.81. The Kier molecular flexibility index (Phi) is 5.88. The van der Waals surface area contributed by atoms with Gasteiger partial charge in [0.2, 0.25) is 0 Å². The minimum atomic E-state index is 0.696. The standard InChI is InChI=1S/C17H29N3O/c1-4-21-17-6-5-16(18)11-15(17)13-20-9-7-14(8-10-20)12-19(2)3/h5-6,11,14H,4,7-10,12-13,18H2,1-3H3. The van der Waals surface area contributed by atoms with E-state index in [-0.39, 0.29) is 0 Å².